The molecule has 0 N–H and O–H groups in total. The lowest BCUT2D eigenvalue weighted by molar-refractivity contribution is -0.384. The molecule has 0 radical (unpaired) electrons. The van der Waals surface area contributed by atoms with Gasteiger partial charge in [-0.2, -0.15) is 0 Å². The van der Waals surface area contributed by atoms with Gasteiger partial charge in [0.25, 0.3) is 5.69 Å². The Balaban J connectivity index is 1.74. The summed E-state index contributed by atoms with van der Waals surface area (Å²) in [6, 6.07) is 11.9. The maximum atomic E-state index is 10.6. The number of aryl methyl sites for hydroxylation is 1. The van der Waals surface area contributed by atoms with Gasteiger partial charge < -0.3 is 9.14 Å². The third-order valence-electron chi connectivity index (χ3n) is 3.18. The largest absolute Gasteiger partial charge is 0.487 e. The van der Waals surface area contributed by atoms with E-state index in [0.29, 0.717) is 12.4 Å². The zero-order valence-corrected chi connectivity index (χ0v) is 11.4. The molecule has 0 atom stereocenters. The molecule has 6 heteroatoms. The molecular weight excluding hydrogens is 270 g/mol. The quantitative estimate of drug-likeness (QED) is 0.545. The minimum atomic E-state index is -0.436. The lowest BCUT2D eigenvalue weighted by Crippen LogP contribution is -1.96. The normalized spacial score (nSPS) is 10.7. The summed E-state index contributed by atoms with van der Waals surface area (Å²) in [6.45, 7) is 2.33. The van der Waals surface area contributed by atoms with E-state index in [2.05, 4.69) is 4.98 Å². The summed E-state index contributed by atoms with van der Waals surface area (Å²) in [7, 11) is 0. The third kappa shape index (κ3) is 2.69. The van der Waals surface area contributed by atoms with Crippen LogP contribution in [0.1, 0.15) is 11.4 Å². The molecule has 0 aliphatic heterocycles. The number of fused-ring (bicyclic) bond motifs is 1. The molecule has 3 rings (SSSR count). The zero-order valence-electron chi connectivity index (χ0n) is 11.4. The topological polar surface area (TPSA) is 69.7 Å². The molecule has 0 bridgehead atoms. The second-order valence-corrected chi connectivity index (χ2v) is 4.67. The molecule has 0 fully saturated rings. The van der Waals surface area contributed by atoms with Gasteiger partial charge in [-0.15, -0.1) is 0 Å². The highest BCUT2D eigenvalue weighted by Crippen LogP contribution is 2.18. The fourth-order valence-electron chi connectivity index (χ4n) is 2.09. The monoisotopic (exact) mass is 283 g/mol. The summed E-state index contributed by atoms with van der Waals surface area (Å²) in [4.78, 5) is 14.6. The number of imidazole rings is 1. The van der Waals surface area contributed by atoms with Crippen molar-refractivity contribution < 1.29 is 9.66 Å². The van der Waals surface area contributed by atoms with Crippen LogP contribution >= 0.6 is 0 Å². The van der Waals surface area contributed by atoms with Gasteiger partial charge in [-0.25, -0.2) is 4.98 Å². The Morgan fingerprint density at radius 3 is 2.67 bits per heavy atom. The smallest absolute Gasteiger partial charge is 0.269 e. The summed E-state index contributed by atoms with van der Waals surface area (Å²) in [5.41, 5.74) is 2.83. The Morgan fingerprint density at radius 2 is 2.00 bits per heavy atom. The first-order valence-electron chi connectivity index (χ1n) is 6.44. The molecule has 2 aromatic heterocycles. The minimum absolute atomic E-state index is 0.0469. The Labute approximate surface area is 120 Å². The number of non-ortho nitro benzene ring substituents is 1. The van der Waals surface area contributed by atoms with Gasteiger partial charge >= 0.3 is 0 Å². The summed E-state index contributed by atoms with van der Waals surface area (Å²) in [6.07, 6.45) is 1.93. The number of hydrogen-bond donors (Lipinski definition) is 0. The Hall–Kier alpha value is -2.89. The van der Waals surface area contributed by atoms with Crippen molar-refractivity contribution in [3.63, 3.8) is 0 Å². The van der Waals surface area contributed by atoms with Crippen LogP contribution in [0.4, 0.5) is 5.69 Å². The van der Waals surface area contributed by atoms with Crippen molar-refractivity contribution in [3.8, 4) is 5.75 Å². The lowest BCUT2D eigenvalue weighted by Gasteiger charge is -2.03. The van der Waals surface area contributed by atoms with Gasteiger partial charge in [-0.1, -0.05) is 6.07 Å². The zero-order chi connectivity index (χ0) is 14.8. The maximum absolute atomic E-state index is 10.6. The number of nitro benzene ring substituents is 1. The standard InChI is InChI=1S/C15H13N3O3/c1-11-3-2-4-15-16-12(9-17(11)15)10-21-14-7-5-13(6-8-14)18(19)20/h2-9H,10H2,1H3. The van der Waals surface area contributed by atoms with Crippen molar-refractivity contribution >= 4 is 11.3 Å². The second kappa shape index (κ2) is 5.24. The fourth-order valence-corrected chi connectivity index (χ4v) is 2.09. The van der Waals surface area contributed by atoms with Crippen LogP contribution in [0, 0.1) is 17.0 Å². The van der Waals surface area contributed by atoms with Crippen LogP contribution in [0.5, 0.6) is 5.75 Å². The molecule has 0 saturated heterocycles. The molecule has 2 heterocycles. The molecular formula is C15H13N3O3. The van der Waals surface area contributed by atoms with E-state index in [-0.39, 0.29) is 5.69 Å². The molecule has 0 unspecified atom stereocenters. The molecule has 0 spiro atoms. The van der Waals surface area contributed by atoms with Crippen LogP contribution in [0.3, 0.4) is 0 Å². The van der Waals surface area contributed by atoms with E-state index >= 15 is 0 Å². The molecule has 0 amide bonds. The van der Waals surface area contributed by atoms with Crippen LogP contribution in [-0.2, 0) is 6.61 Å². The SMILES string of the molecule is Cc1cccc2nc(COc3ccc([N+](=O)[O-])cc3)cn12. The highest BCUT2D eigenvalue weighted by atomic mass is 16.6. The predicted octanol–water partition coefficient (Wildman–Crippen LogP) is 3.13. The van der Waals surface area contributed by atoms with E-state index in [1.54, 1.807) is 12.1 Å². The molecule has 3 aromatic rings. The molecule has 0 aliphatic carbocycles. The molecule has 0 saturated carbocycles. The van der Waals surface area contributed by atoms with Crippen LogP contribution in [0.15, 0.2) is 48.7 Å². The van der Waals surface area contributed by atoms with Gasteiger partial charge in [0.2, 0.25) is 0 Å². The average molecular weight is 283 g/mol. The van der Waals surface area contributed by atoms with Crippen molar-refractivity contribution in [2.75, 3.05) is 0 Å². The number of nitrogens with zero attached hydrogens (tertiary/aromatic N) is 3. The lowest BCUT2D eigenvalue weighted by atomic mass is 10.3. The van der Waals surface area contributed by atoms with Crippen LogP contribution in [0.2, 0.25) is 0 Å². The summed E-state index contributed by atoms with van der Waals surface area (Å²) >= 11 is 0. The van der Waals surface area contributed by atoms with Crippen molar-refractivity contribution in [2.45, 2.75) is 13.5 Å². The average Bonchev–Trinajstić information content (AvgIpc) is 2.90. The number of benzene rings is 1. The van der Waals surface area contributed by atoms with Gasteiger partial charge in [-0.05, 0) is 31.2 Å². The van der Waals surface area contributed by atoms with Crippen LogP contribution in [-0.4, -0.2) is 14.3 Å². The van der Waals surface area contributed by atoms with Gasteiger partial charge in [0.15, 0.2) is 0 Å². The Morgan fingerprint density at radius 1 is 1.24 bits per heavy atom. The molecule has 1 aromatic carbocycles. The number of hydrogen-bond acceptors (Lipinski definition) is 4. The van der Waals surface area contributed by atoms with Crippen molar-refractivity contribution in [1.82, 2.24) is 9.38 Å². The predicted molar refractivity (Wildman–Crippen MR) is 77.4 cm³/mol. The van der Waals surface area contributed by atoms with Gasteiger partial charge in [0.05, 0.1) is 10.6 Å². The van der Waals surface area contributed by atoms with E-state index in [4.69, 9.17) is 4.74 Å². The van der Waals surface area contributed by atoms with E-state index in [9.17, 15) is 10.1 Å². The number of nitro groups is 1. The van der Waals surface area contributed by atoms with Gasteiger partial charge in [0, 0.05) is 24.0 Å². The highest BCUT2D eigenvalue weighted by Gasteiger charge is 2.06. The van der Waals surface area contributed by atoms with Crippen LogP contribution in [0.25, 0.3) is 5.65 Å². The van der Waals surface area contributed by atoms with E-state index in [1.165, 1.54) is 12.1 Å². The van der Waals surface area contributed by atoms with Crippen molar-refractivity contribution in [3.05, 3.63) is 70.2 Å². The summed E-state index contributed by atoms with van der Waals surface area (Å²) < 4.78 is 7.59. The first-order chi connectivity index (χ1) is 10.1. The van der Waals surface area contributed by atoms with E-state index in [0.717, 1.165) is 17.0 Å². The number of pyridine rings is 1. The first kappa shape index (κ1) is 13.1. The Bertz CT molecular complexity index is 794. The van der Waals surface area contributed by atoms with Gasteiger partial charge in [0.1, 0.15) is 18.0 Å². The Kier molecular flexibility index (Phi) is 3.27. The second-order valence-electron chi connectivity index (χ2n) is 4.67. The molecule has 106 valence electrons. The van der Waals surface area contributed by atoms with Crippen molar-refractivity contribution in [1.29, 1.82) is 0 Å². The fraction of sp³-hybridized carbons (Fsp3) is 0.133. The van der Waals surface area contributed by atoms with Crippen LogP contribution < -0.4 is 4.74 Å². The number of aromatic nitrogens is 2. The number of ether oxygens (including phenoxy) is 1. The number of rotatable bonds is 4. The van der Waals surface area contributed by atoms with E-state index in [1.807, 2.05) is 35.7 Å². The molecule has 21 heavy (non-hydrogen) atoms. The maximum Gasteiger partial charge on any atom is 0.269 e. The molecule has 6 nitrogen and oxygen atoms in total. The molecule has 0 aliphatic rings. The third-order valence-corrected chi connectivity index (χ3v) is 3.18. The first-order valence-corrected chi connectivity index (χ1v) is 6.44. The summed E-state index contributed by atoms with van der Waals surface area (Å²) in [5.74, 6) is 0.578. The van der Waals surface area contributed by atoms with Gasteiger partial charge in [-0.3, -0.25) is 10.1 Å². The highest BCUT2D eigenvalue weighted by molar-refractivity contribution is 5.41. The minimum Gasteiger partial charge on any atom is -0.487 e. The van der Waals surface area contributed by atoms with E-state index < -0.39 is 4.92 Å². The van der Waals surface area contributed by atoms with Crippen molar-refractivity contribution in [2.24, 2.45) is 0 Å². The summed E-state index contributed by atoms with van der Waals surface area (Å²) in [5, 5.41) is 10.6.